The minimum absolute atomic E-state index is 0.125. The molecule has 2 rings (SSSR count). The zero-order valence-electron chi connectivity index (χ0n) is 7.07. The van der Waals surface area contributed by atoms with Gasteiger partial charge >= 0.3 is 0 Å². The third kappa shape index (κ3) is 1.22. The maximum absolute atomic E-state index is 10.6. The van der Waals surface area contributed by atoms with Gasteiger partial charge in [-0.25, -0.2) is 0 Å². The number of phenolic OH excluding ortho intramolecular Hbond substituents is 1. The summed E-state index contributed by atoms with van der Waals surface area (Å²) in [6, 6.07) is 4.88. The van der Waals surface area contributed by atoms with Crippen LogP contribution in [0.5, 0.6) is 5.75 Å². The average molecular weight is 208 g/mol. The number of pyridine rings is 1. The van der Waals surface area contributed by atoms with Crippen molar-refractivity contribution in [2.24, 2.45) is 0 Å². The molecule has 0 radical (unpaired) electrons. The molecule has 1 N–H and O–H groups in total. The monoisotopic (exact) mass is 207 g/mol. The predicted octanol–water partition coefficient (Wildman–Crippen LogP) is 2.41. The lowest BCUT2D eigenvalue weighted by atomic mass is 10.1. The van der Waals surface area contributed by atoms with Crippen molar-refractivity contribution in [3.63, 3.8) is 0 Å². The summed E-state index contributed by atoms with van der Waals surface area (Å²) in [5, 5.41) is 10.7. The molecule has 3 nitrogen and oxygen atoms in total. The first-order valence-corrected chi connectivity index (χ1v) is 4.33. The number of hydrogen-bond acceptors (Lipinski definition) is 3. The van der Waals surface area contributed by atoms with E-state index in [4.69, 9.17) is 11.6 Å². The van der Waals surface area contributed by atoms with E-state index in [-0.39, 0.29) is 11.3 Å². The molecular formula is C10H6ClNO2. The molecule has 0 amide bonds. The Morgan fingerprint density at radius 1 is 1.50 bits per heavy atom. The second-order valence-electron chi connectivity index (χ2n) is 2.81. The van der Waals surface area contributed by atoms with Crippen LogP contribution in [0.2, 0.25) is 5.02 Å². The van der Waals surface area contributed by atoms with Crippen molar-refractivity contribution in [3.8, 4) is 5.75 Å². The van der Waals surface area contributed by atoms with Gasteiger partial charge < -0.3 is 5.11 Å². The van der Waals surface area contributed by atoms with Crippen LogP contribution in [0.15, 0.2) is 24.4 Å². The Labute approximate surface area is 85.0 Å². The molecule has 0 aliphatic heterocycles. The molecule has 0 saturated carbocycles. The van der Waals surface area contributed by atoms with Crippen LogP contribution in [0.25, 0.3) is 10.9 Å². The fourth-order valence-electron chi connectivity index (χ4n) is 1.30. The van der Waals surface area contributed by atoms with Crippen molar-refractivity contribution in [2.45, 2.75) is 0 Å². The maximum Gasteiger partial charge on any atom is 0.153 e. The summed E-state index contributed by atoms with van der Waals surface area (Å²) in [4.78, 5) is 14.5. The van der Waals surface area contributed by atoms with Gasteiger partial charge in [0.1, 0.15) is 5.52 Å². The van der Waals surface area contributed by atoms with Crippen LogP contribution in [-0.4, -0.2) is 16.4 Å². The van der Waals surface area contributed by atoms with Gasteiger partial charge in [-0.15, -0.1) is 0 Å². The molecule has 70 valence electrons. The van der Waals surface area contributed by atoms with Gasteiger partial charge in [0.05, 0.1) is 10.6 Å². The molecule has 0 saturated heterocycles. The van der Waals surface area contributed by atoms with E-state index in [0.29, 0.717) is 22.2 Å². The van der Waals surface area contributed by atoms with Gasteiger partial charge in [0.15, 0.2) is 12.0 Å². The smallest absolute Gasteiger partial charge is 0.153 e. The summed E-state index contributed by atoms with van der Waals surface area (Å²) in [5.74, 6) is -0.125. The molecule has 0 atom stereocenters. The normalized spacial score (nSPS) is 10.4. The quantitative estimate of drug-likeness (QED) is 0.731. The van der Waals surface area contributed by atoms with E-state index in [9.17, 15) is 9.90 Å². The number of rotatable bonds is 1. The second kappa shape index (κ2) is 3.27. The van der Waals surface area contributed by atoms with Crippen molar-refractivity contribution < 1.29 is 9.90 Å². The average Bonchev–Trinajstić information content (AvgIpc) is 2.23. The van der Waals surface area contributed by atoms with E-state index in [0.717, 1.165) is 0 Å². The number of benzene rings is 1. The highest BCUT2D eigenvalue weighted by Gasteiger charge is 2.09. The van der Waals surface area contributed by atoms with Gasteiger partial charge in [-0.05, 0) is 18.2 Å². The third-order valence-corrected chi connectivity index (χ3v) is 2.28. The van der Waals surface area contributed by atoms with E-state index in [1.165, 1.54) is 12.3 Å². The largest absolute Gasteiger partial charge is 0.505 e. The SMILES string of the molecule is O=Cc1cc(Cl)c2cccnc2c1O. The van der Waals surface area contributed by atoms with Gasteiger partial charge in [-0.2, -0.15) is 0 Å². The van der Waals surface area contributed by atoms with Crippen LogP contribution in [0.1, 0.15) is 10.4 Å². The minimum Gasteiger partial charge on any atom is -0.505 e. The summed E-state index contributed by atoms with van der Waals surface area (Å²) in [6.07, 6.45) is 2.09. The highest BCUT2D eigenvalue weighted by atomic mass is 35.5. The van der Waals surface area contributed by atoms with Crippen LogP contribution >= 0.6 is 11.6 Å². The second-order valence-corrected chi connectivity index (χ2v) is 3.22. The molecule has 0 aliphatic carbocycles. The summed E-state index contributed by atoms with van der Waals surface area (Å²) in [6.45, 7) is 0. The van der Waals surface area contributed by atoms with Crippen LogP contribution in [0.4, 0.5) is 0 Å². The van der Waals surface area contributed by atoms with E-state index in [1.807, 2.05) is 0 Å². The first-order valence-electron chi connectivity index (χ1n) is 3.95. The third-order valence-electron chi connectivity index (χ3n) is 1.97. The van der Waals surface area contributed by atoms with Crippen molar-refractivity contribution >= 4 is 28.8 Å². The highest BCUT2D eigenvalue weighted by molar-refractivity contribution is 6.36. The first-order chi connectivity index (χ1) is 6.74. The van der Waals surface area contributed by atoms with Crippen molar-refractivity contribution in [3.05, 3.63) is 35.0 Å². The van der Waals surface area contributed by atoms with Crippen LogP contribution in [-0.2, 0) is 0 Å². The number of hydrogen-bond donors (Lipinski definition) is 1. The lowest BCUT2D eigenvalue weighted by Crippen LogP contribution is -1.86. The molecule has 0 aliphatic rings. The molecule has 1 aromatic carbocycles. The zero-order chi connectivity index (χ0) is 10.1. The van der Waals surface area contributed by atoms with Crippen molar-refractivity contribution in [1.29, 1.82) is 0 Å². The predicted molar refractivity (Wildman–Crippen MR) is 53.8 cm³/mol. The Kier molecular flexibility index (Phi) is 2.09. The lowest BCUT2D eigenvalue weighted by molar-refractivity contribution is 0.112. The number of halogens is 1. The standard InChI is InChI=1S/C10H6ClNO2/c11-8-4-6(5-13)10(14)9-7(8)2-1-3-12-9/h1-5,14H. The molecule has 4 heteroatoms. The molecule has 0 fully saturated rings. The van der Waals surface area contributed by atoms with Gasteiger partial charge in [0.2, 0.25) is 0 Å². The Morgan fingerprint density at radius 3 is 3.00 bits per heavy atom. The molecule has 1 aromatic heterocycles. The van der Waals surface area contributed by atoms with E-state index < -0.39 is 0 Å². The molecule has 0 spiro atoms. The summed E-state index contributed by atoms with van der Waals surface area (Å²) < 4.78 is 0. The lowest BCUT2D eigenvalue weighted by Gasteiger charge is -2.03. The fourth-order valence-corrected chi connectivity index (χ4v) is 1.57. The number of carbonyl (C=O) groups is 1. The van der Waals surface area contributed by atoms with Gasteiger partial charge in [-0.1, -0.05) is 11.6 Å². The van der Waals surface area contributed by atoms with Crippen LogP contribution < -0.4 is 0 Å². The van der Waals surface area contributed by atoms with E-state index in [1.54, 1.807) is 12.1 Å². The maximum atomic E-state index is 10.6. The Hall–Kier alpha value is -1.61. The topological polar surface area (TPSA) is 50.2 Å². The Morgan fingerprint density at radius 2 is 2.29 bits per heavy atom. The van der Waals surface area contributed by atoms with Gasteiger partial charge in [-0.3, -0.25) is 9.78 Å². The molecule has 0 unspecified atom stereocenters. The zero-order valence-corrected chi connectivity index (χ0v) is 7.82. The number of carbonyl (C=O) groups excluding carboxylic acids is 1. The highest BCUT2D eigenvalue weighted by Crippen LogP contribution is 2.31. The van der Waals surface area contributed by atoms with Gasteiger partial charge in [0, 0.05) is 11.6 Å². The fraction of sp³-hybridized carbons (Fsp3) is 0. The van der Waals surface area contributed by atoms with Crippen molar-refractivity contribution in [1.82, 2.24) is 4.98 Å². The summed E-state index contributed by atoms with van der Waals surface area (Å²) in [7, 11) is 0. The number of nitrogens with zero attached hydrogens (tertiary/aromatic N) is 1. The summed E-state index contributed by atoms with van der Waals surface area (Å²) >= 11 is 5.90. The number of fused-ring (bicyclic) bond motifs is 1. The Bertz CT molecular complexity index is 511. The number of aromatic hydroxyl groups is 1. The number of aldehydes is 1. The van der Waals surface area contributed by atoms with E-state index >= 15 is 0 Å². The Balaban J connectivity index is 2.94. The molecule has 14 heavy (non-hydrogen) atoms. The molecule has 2 aromatic rings. The van der Waals surface area contributed by atoms with Crippen molar-refractivity contribution in [2.75, 3.05) is 0 Å². The van der Waals surface area contributed by atoms with Gasteiger partial charge in [0.25, 0.3) is 0 Å². The van der Waals surface area contributed by atoms with E-state index in [2.05, 4.69) is 4.98 Å². The summed E-state index contributed by atoms with van der Waals surface area (Å²) in [5.41, 5.74) is 0.503. The van der Waals surface area contributed by atoms with Crippen LogP contribution in [0, 0.1) is 0 Å². The molecule has 0 bridgehead atoms. The minimum atomic E-state index is -0.125. The number of phenols is 1. The molecule has 1 heterocycles. The molecular weight excluding hydrogens is 202 g/mol. The first kappa shape index (κ1) is 8.97. The number of aromatic nitrogens is 1. The van der Waals surface area contributed by atoms with Crippen LogP contribution in [0.3, 0.4) is 0 Å².